The Morgan fingerprint density at radius 1 is 1.19 bits per heavy atom. The van der Waals surface area contributed by atoms with Gasteiger partial charge in [0.2, 0.25) is 0 Å². The molecule has 0 aliphatic carbocycles. The van der Waals surface area contributed by atoms with E-state index >= 15 is 0 Å². The molecule has 112 valence electrons. The van der Waals surface area contributed by atoms with Crippen LogP contribution in [0.4, 0.5) is 5.69 Å². The summed E-state index contributed by atoms with van der Waals surface area (Å²) in [5.41, 5.74) is 1.05. The fourth-order valence-corrected chi connectivity index (χ4v) is 3.21. The van der Waals surface area contributed by atoms with Crippen molar-refractivity contribution in [3.05, 3.63) is 47.0 Å². The van der Waals surface area contributed by atoms with Crippen molar-refractivity contribution in [2.75, 3.05) is 11.8 Å². The maximum Gasteiger partial charge on any atom is 0.265 e. The fraction of sp³-hybridized carbons (Fsp3) is 0.143. The Morgan fingerprint density at radius 2 is 1.81 bits per heavy atom. The van der Waals surface area contributed by atoms with Gasteiger partial charge in [-0.1, -0.05) is 11.6 Å². The molecule has 5 nitrogen and oxygen atoms in total. The van der Waals surface area contributed by atoms with Gasteiger partial charge in [0.05, 0.1) is 7.11 Å². The summed E-state index contributed by atoms with van der Waals surface area (Å²) < 4.78 is 32.3. The Balaban J connectivity index is 2.44. The molecule has 0 spiro atoms. The second-order valence-electron chi connectivity index (χ2n) is 4.40. The maximum atomic E-state index is 12.4. The van der Waals surface area contributed by atoms with E-state index in [1.54, 1.807) is 13.0 Å². The zero-order chi connectivity index (χ0) is 15.6. The molecule has 7 heteroatoms. The highest BCUT2D eigenvalue weighted by atomic mass is 35.5. The molecule has 0 fully saturated rings. The van der Waals surface area contributed by atoms with Gasteiger partial charge in [-0.25, -0.2) is 8.42 Å². The van der Waals surface area contributed by atoms with Gasteiger partial charge in [-0.3, -0.25) is 4.72 Å². The number of anilines is 1. The lowest BCUT2D eigenvalue weighted by atomic mass is 10.2. The van der Waals surface area contributed by atoms with Crippen LogP contribution >= 0.6 is 11.6 Å². The Bertz CT molecular complexity index is 757. The van der Waals surface area contributed by atoms with Crippen molar-refractivity contribution in [2.45, 2.75) is 11.8 Å². The van der Waals surface area contributed by atoms with Crippen LogP contribution in [0.25, 0.3) is 0 Å². The van der Waals surface area contributed by atoms with E-state index in [2.05, 4.69) is 4.72 Å². The molecular formula is C14H14ClNO4S. The number of sulfonamides is 1. The first kappa shape index (κ1) is 15.5. The van der Waals surface area contributed by atoms with E-state index in [0.29, 0.717) is 10.7 Å². The zero-order valence-electron chi connectivity index (χ0n) is 11.4. The topological polar surface area (TPSA) is 75.6 Å². The normalized spacial score (nSPS) is 11.2. The predicted molar refractivity (Wildman–Crippen MR) is 81.7 cm³/mol. The number of phenols is 1. The monoisotopic (exact) mass is 327 g/mol. The van der Waals surface area contributed by atoms with Crippen LogP contribution in [0.3, 0.4) is 0 Å². The van der Waals surface area contributed by atoms with E-state index < -0.39 is 10.0 Å². The van der Waals surface area contributed by atoms with Gasteiger partial charge < -0.3 is 9.84 Å². The van der Waals surface area contributed by atoms with Crippen molar-refractivity contribution >= 4 is 27.3 Å². The third kappa shape index (κ3) is 3.40. The maximum absolute atomic E-state index is 12.4. The van der Waals surface area contributed by atoms with Crippen LogP contribution in [0.2, 0.25) is 5.02 Å². The Morgan fingerprint density at radius 3 is 2.38 bits per heavy atom. The van der Waals surface area contributed by atoms with Gasteiger partial charge in [0.1, 0.15) is 16.4 Å². The number of halogens is 1. The number of ether oxygens (including phenoxy) is 1. The van der Waals surface area contributed by atoms with Gasteiger partial charge in [-0.2, -0.15) is 0 Å². The molecule has 0 saturated heterocycles. The molecule has 0 unspecified atom stereocenters. The standard InChI is InChI=1S/C14H14ClNO4S/c1-9-7-13(20-2)14(8-12(9)15)21(18,19)16-10-3-5-11(17)6-4-10/h3-8,16-17H,1-2H3. The summed E-state index contributed by atoms with van der Waals surface area (Å²) in [5.74, 6) is 0.261. The number of aromatic hydroxyl groups is 1. The lowest BCUT2D eigenvalue weighted by Crippen LogP contribution is -2.14. The number of phenolic OH excluding ortho intramolecular Hbond substituents is 1. The SMILES string of the molecule is COc1cc(C)c(Cl)cc1S(=O)(=O)Nc1ccc(O)cc1. The molecule has 2 aromatic rings. The van der Waals surface area contributed by atoms with Gasteiger partial charge in [0.25, 0.3) is 10.0 Å². The quantitative estimate of drug-likeness (QED) is 0.846. The predicted octanol–water partition coefficient (Wildman–Crippen LogP) is 3.16. The van der Waals surface area contributed by atoms with Crippen molar-refractivity contribution in [1.82, 2.24) is 0 Å². The van der Waals surface area contributed by atoms with Crippen LogP contribution in [0, 0.1) is 6.92 Å². The molecular weight excluding hydrogens is 314 g/mol. The van der Waals surface area contributed by atoms with Crippen LogP contribution in [0.1, 0.15) is 5.56 Å². The Kier molecular flexibility index (Phi) is 4.29. The number of hydrogen-bond donors (Lipinski definition) is 2. The number of rotatable bonds is 4. The van der Waals surface area contributed by atoms with Crippen molar-refractivity contribution in [3.63, 3.8) is 0 Å². The van der Waals surface area contributed by atoms with Crippen LogP contribution < -0.4 is 9.46 Å². The molecule has 2 aromatic carbocycles. The molecule has 0 saturated carbocycles. The second-order valence-corrected chi connectivity index (χ2v) is 6.46. The average molecular weight is 328 g/mol. The first-order chi connectivity index (χ1) is 9.83. The third-order valence-corrected chi connectivity index (χ3v) is 4.66. The van der Waals surface area contributed by atoms with E-state index in [1.807, 2.05) is 0 Å². The van der Waals surface area contributed by atoms with Crippen LogP contribution in [-0.2, 0) is 10.0 Å². The highest BCUT2D eigenvalue weighted by Crippen LogP contribution is 2.31. The van der Waals surface area contributed by atoms with E-state index in [9.17, 15) is 13.5 Å². The van der Waals surface area contributed by atoms with Gasteiger partial charge in [0, 0.05) is 10.7 Å². The van der Waals surface area contributed by atoms with Crippen molar-refractivity contribution in [2.24, 2.45) is 0 Å². The number of aryl methyl sites for hydroxylation is 1. The zero-order valence-corrected chi connectivity index (χ0v) is 13.0. The number of methoxy groups -OCH3 is 1. The van der Waals surface area contributed by atoms with Gasteiger partial charge >= 0.3 is 0 Å². The lowest BCUT2D eigenvalue weighted by molar-refractivity contribution is 0.402. The summed E-state index contributed by atoms with van der Waals surface area (Å²) in [6.07, 6.45) is 0. The van der Waals surface area contributed by atoms with Crippen LogP contribution in [-0.4, -0.2) is 20.6 Å². The number of benzene rings is 2. The smallest absolute Gasteiger partial charge is 0.265 e. The van der Waals surface area contributed by atoms with Gasteiger partial charge in [0.15, 0.2) is 0 Å². The average Bonchev–Trinajstić information content (AvgIpc) is 2.43. The van der Waals surface area contributed by atoms with Crippen molar-refractivity contribution in [3.8, 4) is 11.5 Å². The second kappa shape index (κ2) is 5.83. The fourth-order valence-electron chi connectivity index (χ4n) is 1.75. The van der Waals surface area contributed by atoms with Crippen molar-refractivity contribution in [1.29, 1.82) is 0 Å². The van der Waals surface area contributed by atoms with Gasteiger partial charge in [-0.15, -0.1) is 0 Å². The summed E-state index contributed by atoms with van der Waals surface area (Å²) in [4.78, 5) is -0.0475. The molecule has 0 bridgehead atoms. The van der Waals surface area contributed by atoms with E-state index in [0.717, 1.165) is 5.56 Å². The molecule has 21 heavy (non-hydrogen) atoms. The Hall–Kier alpha value is -1.92. The Labute approximate surface area is 128 Å². The lowest BCUT2D eigenvalue weighted by Gasteiger charge is -2.13. The van der Waals surface area contributed by atoms with Crippen LogP contribution in [0.5, 0.6) is 11.5 Å². The minimum Gasteiger partial charge on any atom is -0.508 e. The summed E-state index contributed by atoms with van der Waals surface area (Å²) >= 11 is 5.99. The number of nitrogens with one attached hydrogen (secondary N) is 1. The van der Waals surface area contributed by atoms with Crippen molar-refractivity contribution < 1.29 is 18.3 Å². The highest BCUT2D eigenvalue weighted by Gasteiger charge is 2.21. The van der Waals surface area contributed by atoms with E-state index in [-0.39, 0.29) is 16.4 Å². The molecule has 0 radical (unpaired) electrons. The largest absolute Gasteiger partial charge is 0.508 e. The molecule has 0 heterocycles. The molecule has 0 aliphatic rings. The van der Waals surface area contributed by atoms with E-state index in [4.69, 9.17) is 16.3 Å². The summed E-state index contributed by atoms with van der Waals surface area (Å²) in [5, 5.41) is 9.54. The molecule has 0 atom stereocenters. The highest BCUT2D eigenvalue weighted by molar-refractivity contribution is 7.92. The first-order valence-corrected chi connectivity index (χ1v) is 7.85. The molecule has 0 aliphatic heterocycles. The summed E-state index contributed by atoms with van der Waals surface area (Å²) in [7, 11) is -2.46. The number of hydrogen-bond acceptors (Lipinski definition) is 4. The summed E-state index contributed by atoms with van der Waals surface area (Å²) in [6, 6.07) is 8.59. The molecule has 2 rings (SSSR count). The van der Waals surface area contributed by atoms with E-state index in [1.165, 1.54) is 37.4 Å². The molecule has 2 N–H and O–H groups in total. The minimum absolute atomic E-state index is 0.0475. The van der Waals surface area contributed by atoms with Gasteiger partial charge in [-0.05, 0) is 48.9 Å². The first-order valence-electron chi connectivity index (χ1n) is 5.99. The third-order valence-electron chi connectivity index (χ3n) is 2.85. The van der Waals surface area contributed by atoms with Crippen LogP contribution in [0.15, 0.2) is 41.3 Å². The molecule has 0 amide bonds. The minimum atomic E-state index is -3.85. The molecule has 0 aromatic heterocycles. The summed E-state index contributed by atoms with van der Waals surface area (Å²) in [6.45, 7) is 1.76.